The van der Waals surface area contributed by atoms with Gasteiger partial charge in [0.25, 0.3) is 0 Å². The number of nitrogens with zero attached hydrogens (tertiary/aromatic N) is 1. The van der Waals surface area contributed by atoms with Crippen molar-refractivity contribution < 1.29 is 28.5 Å². The first-order valence-electron chi connectivity index (χ1n) is 11.5. The van der Waals surface area contributed by atoms with Gasteiger partial charge < -0.3 is 24.7 Å². The van der Waals surface area contributed by atoms with Crippen LogP contribution in [0, 0.1) is 5.41 Å². The molecule has 1 heterocycles. The minimum absolute atomic E-state index is 0.0132. The Morgan fingerprint density at radius 1 is 1.06 bits per heavy atom. The van der Waals surface area contributed by atoms with Crippen LogP contribution in [-0.4, -0.2) is 43.6 Å². The van der Waals surface area contributed by atoms with Crippen LogP contribution in [0.15, 0.2) is 72.8 Å². The summed E-state index contributed by atoms with van der Waals surface area (Å²) in [6, 6.07) is 21.3. The molecule has 3 aromatic carbocycles. The first-order valence-corrected chi connectivity index (χ1v) is 11.5. The van der Waals surface area contributed by atoms with E-state index in [0.717, 1.165) is 5.56 Å². The largest absolute Gasteiger partial charge is 0.490 e. The SMILES string of the molecule is CCOC(=O)C(=O)N(Cc1ccccc1)c1ccc2c(c1)O[C@H](COc1ccc(C(=N)N)cc1)CO2. The van der Waals surface area contributed by atoms with E-state index >= 15 is 0 Å². The van der Waals surface area contributed by atoms with E-state index in [1.165, 1.54) is 4.90 Å². The molecule has 186 valence electrons. The van der Waals surface area contributed by atoms with Crippen molar-refractivity contribution in [3.8, 4) is 17.2 Å². The van der Waals surface area contributed by atoms with E-state index in [1.807, 2.05) is 30.3 Å². The molecule has 3 aromatic rings. The lowest BCUT2D eigenvalue weighted by atomic mass is 10.1. The van der Waals surface area contributed by atoms with Gasteiger partial charge in [-0.25, -0.2) is 4.79 Å². The van der Waals surface area contributed by atoms with E-state index in [-0.39, 0.29) is 32.2 Å². The van der Waals surface area contributed by atoms with Crippen LogP contribution >= 0.6 is 0 Å². The second-order valence-corrected chi connectivity index (χ2v) is 8.03. The molecule has 0 bridgehead atoms. The molecule has 9 nitrogen and oxygen atoms in total. The molecule has 0 fully saturated rings. The van der Waals surface area contributed by atoms with Crippen molar-refractivity contribution in [1.82, 2.24) is 0 Å². The first-order chi connectivity index (χ1) is 17.4. The fourth-order valence-electron chi connectivity index (χ4n) is 3.62. The Labute approximate surface area is 208 Å². The van der Waals surface area contributed by atoms with Crippen LogP contribution in [0.4, 0.5) is 5.69 Å². The molecule has 0 aromatic heterocycles. The van der Waals surface area contributed by atoms with Crippen molar-refractivity contribution in [2.75, 3.05) is 24.7 Å². The van der Waals surface area contributed by atoms with Crippen molar-refractivity contribution in [2.24, 2.45) is 5.73 Å². The number of hydrogen-bond acceptors (Lipinski definition) is 7. The average Bonchev–Trinajstić information content (AvgIpc) is 2.90. The van der Waals surface area contributed by atoms with Crippen molar-refractivity contribution in [2.45, 2.75) is 19.6 Å². The highest BCUT2D eigenvalue weighted by Gasteiger charge is 2.28. The number of carbonyl (C=O) groups is 2. The Hall–Kier alpha value is -4.53. The minimum atomic E-state index is -0.926. The highest BCUT2D eigenvalue weighted by atomic mass is 16.6. The molecule has 3 N–H and O–H groups in total. The van der Waals surface area contributed by atoms with E-state index < -0.39 is 18.0 Å². The number of anilines is 1. The van der Waals surface area contributed by atoms with Crippen LogP contribution in [0.3, 0.4) is 0 Å². The number of rotatable bonds is 8. The summed E-state index contributed by atoms with van der Waals surface area (Å²) in [6.07, 6.45) is -0.399. The summed E-state index contributed by atoms with van der Waals surface area (Å²) in [6.45, 7) is 2.44. The second-order valence-electron chi connectivity index (χ2n) is 8.03. The quantitative estimate of drug-likeness (QED) is 0.215. The Kier molecular flexibility index (Phi) is 7.69. The normalized spacial score (nSPS) is 14.0. The summed E-state index contributed by atoms with van der Waals surface area (Å²) in [7, 11) is 0. The van der Waals surface area contributed by atoms with Gasteiger partial charge >= 0.3 is 11.9 Å². The van der Waals surface area contributed by atoms with Gasteiger partial charge in [-0.3, -0.25) is 15.1 Å². The number of carbonyl (C=O) groups excluding carboxylic acids is 2. The molecule has 0 unspecified atom stereocenters. The Morgan fingerprint density at radius 3 is 2.50 bits per heavy atom. The maximum atomic E-state index is 12.9. The monoisotopic (exact) mass is 489 g/mol. The zero-order valence-electron chi connectivity index (χ0n) is 19.8. The number of nitrogens with one attached hydrogen (secondary N) is 1. The summed E-state index contributed by atoms with van der Waals surface area (Å²) >= 11 is 0. The lowest BCUT2D eigenvalue weighted by Gasteiger charge is -2.28. The molecule has 36 heavy (non-hydrogen) atoms. The maximum absolute atomic E-state index is 12.9. The van der Waals surface area contributed by atoms with E-state index in [4.69, 9.17) is 30.1 Å². The predicted molar refractivity (Wildman–Crippen MR) is 134 cm³/mol. The van der Waals surface area contributed by atoms with Gasteiger partial charge in [-0.2, -0.15) is 0 Å². The molecule has 4 rings (SSSR count). The number of hydrogen-bond donors (Lipinski definition) is 2. The minimum Gasteiger partial charge on any atom is -0.490 e. The van der Waals surface area contributed by atoms with Crippen LogP contribution in [0.1, 0.15) is 18.1 Å². The van der Waals surface area contributed by atoms with Crippen molar-refractivity contribution in [3.63, 3.8) is 0 Å². The third-order valence-electron chi connectivity index (χ3n) is 5.44. The third kappa shape index (κ3) is 5.93. The second kappa shape index (κ2) is 11.3. The van der Waals surface area contributed by atoms with Gasteiger partial charge in [0.1, 0.15) is 24.8 Å². The van der Waals surface area contributed by atoms with Crippen molar-refractivity contribution in [3.05, 3.63) is 83.9 Å². The molecular formula is C27H27N3O6. The molecule has 0 spiro atoms. The zero-order valence-corrected chi connectivity index (χ0v) is 19.8. The molecule has 1 atom stereocenters. The number of benzene rings is 3. The van der Waals surface area contributed by atoms with Crippen LogP contribution < -0.4 is 24.8 Å². The van der Waals surface area contributed by atoms with E-state index in [1.54, 1.807) is 49.4 Å². The molecule has 1 aliphatic rings. The summed E-state index contributed by atoms with van der Waals surface area (Å²) in [5, 5.41) is 7.47. The highest BCUT2D eigenvalue weighted by Crippen LogP contribution is 2.36. The summed E-state index contributed by atoms with van der Waals surface area (Å²) < 4.78 is 22.7. The smallest absolute Gasteiger partial charge is 0.397 e. The van der Waals surface area contributed by atoms with E-state index in [0.29, 0.717) is 28.5 Å². The van der Waals surface area contributed by atoms with Gasteiger partial charge in [0, 0.05) is 17.3 Å². The van der Waals surface area contributed by atoms with Crippen molar-refractivity contribution >= 4 is 23.4 Å². The van der Waals surface area contributed by atoms with Gasteiger partial charge in [0.05, 0.1) is 13.2 Å². The van der Waals surface area contributed by atoms with Gasteiger partial charge in [0.15, 0.2) is 17.6 Å². The molecule has 0 saturated carbocycles. The summed E-state index contributed by atoms with van der Waals surface area (Å²) in [5.41, 5.74) is 7.42. The van der Waals surface area contributed by atoms with E-state index in [9.17, 15) is 9.59 Å². The molecule has 1 amide bonds. The Balaban J connectivity index is 1.49. The number of esters is 1. The number of nitrogen functional groups attached to an aromatic ring is 1. The van der Waals surface area contributed by atoms with Gasteiger partial charge in [-0.15, -0.1) is 0 Å². The molecule has 9 heteroatoms. The number of amides is 1. The third-order valence-corrected chi connectivity index (χ3v) is 5.44. The molecular weight excluding hydrogens is 462 g/mol. The maximum Gasteiger partial charge on any atom is 0.397 e. The summed E-state index contributed by atoms with van der Waals surface area (Å²) in [5.74, 6) is -0.132. The van der Waals surface area contributed by atoms with Crippen LogP contribution in [-0.2, 0) is 20.9 Å². The predicted octanol–water partition coefficient (Wildman–Crippen LogP) is 3.29. The zero-order chi connectivity index (χ0) is 25.5. The molecule has 1 aliphatic heterocycles. The number of amidine groups is 1. The van der Waals surface area contributed by atoms with Gasteiger partial charge in [-0.1, -0.05) is 30.3 Å². The highest BCUT2D eigenvalue weighted by molar-refractivity contribution is 6.38. The van der Waals surface area contributed by atoms with Gasteiger partial charge in [-0.05, 0) is 48.9 Å². The number of ether oxygens (including phenoxy) is 4. The van der Waals surface area contributed by atoms with Gasteiger partial charge in [0.2, 0.25) is 0 Å². The molecule has 0 aliphatic carbocycles. The Bertz CT molecular complexity index is 1230. The summed E-state index contributed by atoms with van der Waals surface area (Å²) in [4.78, 5) is 26.6. The number of fused-ring (bicyclic) bond motifs is 1. The van der Waals surface area contributed by atoms with Crippen LogP contribution in [0.5, 0.6) is 17.2 Å². The Morgan fingerprint density at radius 2 is 1.81 bits per heavy atom. The fraction of sp³-hybridized carbons (Fsp3) is 0.222. The van der Waals surface area contributed by atoms with Crippen LogP contribution in [0.25, 0.3) is 0 Å². The van der Waals surface area contributed by atoms with E-state index in [2.05, 4.69) is 0 Å². The lowest BCUT2D eigenvalue weighted by molar-refractivity contribution is -0.153. The molecule has 0 saturated heterocycles. The van der Waals surface area contributed by atoms with Crippen LogP contribution in [0.2, 0.25) is 0 Å². The average molecular weight is 490 g/mol. The topological polar surface area (TPSA) is 124 Å². The van der Waals surface area contributed by atoms with Crippen molar-refractivity contribution in [1.29, 1.82) is 5.41 Å². The lowest BCUT2D eigenvalue weighted by Crippen LogP contribution is -2.38. The first kappa shape index (κ1) is 24.6. The molecule has 0 radical (unpaired) electrons. The number of nitrogens with two attached hydrogens (primary N) is 1. The fourth-order valence-corrected chi connectivity index (χ4v) is 3.62. The standard InChI is InChI=1S/C27H27N3O6/c1-2-33-27(32)26(31)30(15-18-6-4-3-5-7-18)20-10-13-23-24(14-20)36-22(17-35-23)16-34-21-11-8-19(9-12-21)25(28)29/h3-14,22H,2,15-17H2,1H3,(H3,28,29)/t22-/m1/s1.